The van der Waals surface area contributed by atoms with Gasteiger partial charge in [0.15, 0.2) is 16.4 Å². The Kier molecular flexibility index (Phi) is 3.73. The molecule has 0 saturated carbocycles. The highest BCUT2D eigenvalue weighted by atomic mass is 35.5. The Balaban J connectivity index is 2.06. The summed E-state index contributed by atoms with van der Waals surface area (Å²) in [5.74, 6) is 0.298. The van der Waals surface area contributed by atoms with Gasteiger partial charge in [-0.3, -0.25) is 0 Å². The lowest BCUT2D eigenvalue weighted by atomic mass is 10.2. The number of benzene rings is 1. The Bertz CT molecular complexity index is 1110. The van der Waals surface area contributed by atoms with E-state index in [-0.39, 0.29) is 9.79 Å². The fourth-order valence-corrected chi connectivity index (χ4v) is 5.22. The number of aryl methyl sites for hydroxylation is 2. The first-order valence-corrected chi connectivity index (χ1v) is 9.89. The molecule has 6 nitrogen and oxygen atoms in total. The first-order chi connectivity index (χ1) is 11.9. The quantitative estimate of drug-likeness (QED) is 0.760. The van der Waals surface area contributed by atoms with E-state index in [2.05, 4.69) is 15.4 Å². The van der Waals surface area contributed by atoms with E-state index < -0.39 is 9.84 Å². The fraction of sp³-hybridized carbons (Fsp3) is 0.294. The van der Waals surface area contributed by atoms with Crippen LogP contribution in [0.1, 0.15) is 23.4 Å². The number of halogens is 1. The summed E-state index contributed by atoms with van der Waals surface area (Å²) in [6.45, 7) is 1.92. The monoisotopic (exact) mass is 376 g/mol. The van der Waals surface area contributed by atoms with Crippen LogP contribution in [0.25, 0.3) is 5.65 Å². The van der Waals surface area contributed by atoms with E-state index >= 15 is 0 Å². The number of nitrogens with zero attached hydrogens (tertiary/aromatic N) is 3. The van der Waals surface area contributed by atoms with Crippen molar-refractivity contribution in [2.75, 3.05) is 12.4 Å². The molecule has 130 valence electrons. The number of sulfone groups is 1. The van der Waals surface area contributed by atoms with Crippen molar-refractivity contribution in [3.05, 3.63) is 46.2 Å². The molecule has 0 fully saturated rings. The van der Waals surface area contributed by atoms with E-state index in [1.165, 1.54) is 17.7 Å². The highest BCUT2D eigenvalue weighted by Gasteiger charge is 2.31. The van der Waals surface area contributed by atoms with Crippen LogP contribution >= 0.6 is 11.6 Å². The molecule has 4 rings (SSSR count). The second kappa shape index (κ2) is 5.71. The minimum atomic E-state index is -3.81. The van der Waals surface area contributed by atoms with E-state index in [1.807, 2.05) is 6.92 Å². The number of anilines is 1. The standard InChI is InChI=1S/C17H17ClN4O2S/c1-10-13-7-4-8-14(13)22-17(20-10)15(16(19-2)21-22)25(23,24)12-6-3-5-11(18)9-12/h3,5-6,9H,4,7-8H2,1-2H3,(H,19,21). The van der Waals surface area contributed by atoms with Crippen molar-refractivity contribution in [2.24, 2.45) is 0 Å². The van der Waals surface area contributed by atoms with E-state index in [0.717, 1.165) is 30.7 Å². The molecule has 3 aromatic rings. The SMILES string of the molecule is CNc1nn2c3c(c(C)nc2c1S(=O)(=O)c1cccc(Cl)c1)CCC3. The minimum absolute atomic E-state index is 0.0927. The van der Waals surface area contributed by atoms with E-state index in [1.54, 1.807) is 23.7 Å². The molecule has 0 atom stereocenters. The summed E-state index contributed by atoms with van der Waals surface area (Å²) in [7, 11) is -2.16. The normalized spacial score (nSPS) is 14.0. The summed E-state index contributed by atoms with van der Waals surface area (Å²) in [5, 5.41) is 7.76. The molecule has 0 bridgehead atoms. The van der Waals surface area contributed by atoms with Crippen molar-refractivity contribution in [3.63, 3.8) is 0 Å². The summed E-state index contributed by atoms with van der Waals surface area (Å²) in [4.78, 5) is 4.80. The zero-order chi connectivity index (χ0) is 17.8. The zero-order valence-electron chi connectivity index (χ0n) is 13.9. The van der Waals surface area contributed by atoms with E-state index in [0.29, 0.717) is 16.5 Å². The first kappa shape index (κ1) is 16.4. The molecule has 8 heteroatoms. The molecule has 2 heterocycles. The lowest BCUT2D eigenvalue weighted by Crippen LogP contribution is -2.07. The summed E-state index contributed by atoms with van der Waals surface area (Å²) < 4.78 is 28.2. The maximum Gasteiger partial charge on any atom is 0.214 e. The molecule has 0 saturated heterocycles. The van der Waals surface area contributed by atoms with Crippen molar-refractivity contribution in [1.29, 1.82) is 0 Å². The van der Waals surface area contributed by atoms with Crippen LogP contribution in [0, 0.1) is 6.92 Å². The number of nitrogens with one attached hydrogen (secondary N) is 1. The number of rotatable bonds is 3. The predicted octanol–water partition coefficient (Wildman–Crippen LogP) is 3.05. The second-order valence-corrected chi connectivity index (χ2v) is 8.42. The number of aromatic nitrogens is 3. The maximum atomic E-state index is 13.3. The van der Waals surface area contributed by atoms with Gasteiger partial charge in [-0.1, -0.05) is 17.7 Å². The second-order valence-electron chi connectivity index (χ2n) is 6.10. The molecule has 0 radical (unpaired) electrons. The summed E-state index contributed by atoms with van der Waals surface area (Å²) in [6.07, 6.45) is 2.86. The van der Waals surface area contributed by atoms with Crippen LogP contribution in [0.15, 0.2) is 34.1 Å². The van der Waals surface area contributed by atoms with Crippen molar-refractivity contribution in [1.82, 2.24) is 14.6 Å². The van der Waals surface area contributed by atoms with Crippen molar-refractivity contribution in [2.45, 2.75) is 36.0 Å². The Hall–Kier alpha value is -2.12. The van der Waals surface area contributed by atoms with Gasteiger partial charge in [0, 0.05) is 23.5 Å². The highest BCUT2D eigenvalue weighted by Crippen LogP contribution is 2.34. The lowest BCUT2D eigenvalue weighted by molar-refractivity contribution is 0.597. The van der Waals surface area contributed by atoms with Gasteiger partial charge in [-0.2, -0.15) is 0 Å². The average molecular weight is 377 g/mol. The van der Waals surface area contributed by atoms with Gasteiger partial charge < -0.3 is 5.32 Å². The number of hydrogen-bond acceptors (Lipinski definition) is 5. The van der Waals surface area contributed by atoms with Crippen LogP contribution in [0.2, 0.25) is 5.02 Å². The molecule has 1 aliphatic rings. The third kappa shape index (κ3) is 2.41. The van der Waals surface area contributed by atoms with Gasteiger partial charge in [0.1, 0.15) is 0 Å². The third-order valence-corrected chi connectivity index (χ3v) is 6.61. The lowest BCUT2D eigenvalue weighted by Gasteiger charge is -2.08. The Labute approximate surface area is 150 Å². The van der Waals surface area contributed by atoms with Gasteiger partial charge in [-0.15, -0.1) is 5.10 Å². The van der Waals surface area contributed by atoms with Crippen molar-refractivity contribution in [3.8, 4) is 0 Å². The van der Waals surface area contributed by atoms with Gasteiger partial charge in [-0.25, -0.2) is 17.9 Å². The highest BCUT2D eigenvalue weighted by molar-refractivity contribution is 7.91. The van der Waals surface area contributed by atoms with Crippen LogP contribution < -0.4 is 5.32 Å². The molecule has 0 spiro atoms. The largest absolute Gasteiger partial charge is 0.370 e. The summed E-state index contributed by atoms with van der Waals surface area (Å²) >= 11 is 5.99. The molecular formula is C17H17ClN4O2S. The van der Waals surface area contributed by atoms with Crippen LogP contribution in [-0.2, 0) is 22.7 Å². The molecule has 25 heavy (non-hydrogen) atoms. The molecule has 0 amide bonds. The van der Waals surface area contributed by atoms with Crippen molar-refractivity contribution < 1.29 is 8.42 Å². The Morgan fingerprint density at radius 1 is 1.28 bits per heavy atom. The number of hydrogen-bond donors (Lipinski definition) is 1. The van der Waals surface area contributed by atoms with Crippen LogP contribution in [0.5, 0.6) is 0 Å². The molecule has 0 aliphatic heterocycles. The van der Waals surface area contributed by atoms with E-state index in [4.69, 9.17) is 11.6 Å². The minimum Gasteiger partial charge on any atom is -0.370 e. The molecule has 1 aliphatic carbocycles. The molecule has 1 N–H and O–H groups in total. The maximum absolute atomic E-state index is 13.3. The molecule has 1 aromatic carbocycles. The van der Waals surface area contributed by atoms with Gasteiger partial charge in [0.2, 0.25) is 9.84 Å². The van der Waals surface area contributed by atoms with Crippen LogP contribution in [0.4, 0.5) is 5.82 Å². The van der Waals surface area contributed by atoms with Gasteiger partial charge >= 0.3 is 0 Å². The predicted molar refractivity (Wildman–Crippen MR) is 96.2 cm³/mol. The molecule has 2 aromatic heterocycles. The zero-order valence-corrected chi connectivity index (χ0v) is 15.4. The third-order valence-electron chi connectivity index (χ3n) is 4.59. The first-order valence-electron chi connectivity index (χ1n) is 8.03. The van der Waals surface area contributed by atoms with Crippen LogP contribution in [0.3, 0.4) is 0 Å². The van der Waals surface area contributed by atoms with E-state index in [9.17, 15) is 8.42 Å². The fourth-order valence-electron chi connectivity index (χ4n) is 3.42. The Morgan fingerprint density at radius 3 is 2.80 bits per heavy atom. The number of fused-ring (bicyclic) bond motifs is 3. The van der Waals surface area contributed by atoms with Gasteiger partial charge in [0.05, 0.1) is 4.90 Å². The molecular weight excluding hydrogens is 360 g/mol. The van der Waals surface area contributed by atoms with Gasteiger partial charge in [0.25, 0.3) is 0 Å². The van der Waals surface area contributed by atoms with Crippen molar-refractivity contribution >= 4 is 32.9 Å². The van der Waals surface area contributed by atoms with Crippen LogP contribution in [-0.4, -0.2) is 30.1 Å². The topological polar surface area (TPSA) is 76.4 Å². The smallest absolute Gasteiger partial charge is 0.214 e. The molecule has 0 unspecified atom stereocenters. The average Bonchev–Trinajstić information content (AvgIpc) is 3.19. The summed E-state index contributed by atoms with van der Waals surface area (Å²) in [6, 6.07) is 6.24. The van der Waals surface area contributed by atoms with Gasteiger partial charge in [-0.05, 0) is 49.9 Å². The Morgan fingerprint density at radius 2 is 2.08 bits per heavy atom. The summed E-state index contributed by atoms with van der Waals surface area (Å²) in [5.41, 5.74) is 3.45.